The van der Waals surface area contributed by atoms with Crippen LogP contribution in [-0.2, 0) is 0 Å². The normalized spacial score (nSPS) is 10.5. The monoisotopic (exact) mass is 235 g/mol. The quantitative estimate of drug-likeness (QED) is 0.841. The Hall–Kier alpha value is -2.09. The molecule has 1 aromatic carbocycles. The van der Waals surface area contributed by atoms with Crippen LogP contribution >= 0.6 is 0 Å². The van der Waals surface area contributed by atoms with E-state index in [9.17, 15) is 9.18 Å². The van der Waals surface area contributed by atoms with Crippen LogP contribution in [0.3, 0.4) is 0 Å². The summed E-state index contributed by atoms with van der Waals surface area (Å²) >= 11 is 0. The van der Waals surface area contributed by atoms with Gasteiger partial charge in [0.2, 0.25) is 0 Å². The third-order valence-corrected chi connectivity index (χ3v) is 2.18. The fraction of sp³-hybridized carbons (Fsp3) is 0.333. The SMILES string of the molecule is CNC(=O)c1ccc(NC(C)(C)C#N)cc1F. The highest BCUT2D eigenvalue weighted by Crippen LogP contribution is 2.18. The maximum Gasteiger partial charge on any atom is 0.253 e. The fourth-order valence-corrected chi connectivity index (χ4v) is 1.30. The van der Waals surface area contributed by atoms with Gasteiger partial charge in [-0.25, -0.2) is 4.39 Å². The lowest BCUT2D eigenvalue weighted by molar-refractivity contribution is 0.0959. The summed E-state index contributed by atoms with van der Waals surface area (Å²) in [6.45, 7) is 3.36. The van der Waals surface area contributed by atoms with Crippen LogP contribution in [0.4, 0.5) is 10.1 Å². The number of nitrogens with zero attached hydrogens (tertiary/aromatic N) is 1. The topological polar surface area (TPSA) is 64.9 Å². The molecule has 90 valence electrons. The lowest BCUT2D eigenvalue weighted by atomic mass is 10.1. The van der Waals surface area contributed by atoms with Gasteiger partial charge >= 0.3 is 0 Å². The molecule has 0 heterocycles. The van der Waals surface area contributed by atoms with E-state index in [2.05, 4.69) is 10.6 Å². The summed E-state index contributed by atoms with van der Waals surface area (Å²) in [5.74, 6) is -1.10. The Morgan fingerprint density at radius 3 is 2.59 bits per heavy atom. The molecule has 0 bridgehead atoms. The molecule has 5 heteroatoms. The zero-order valence-electron chi connectivity index (χ0n) is 9.97. The molecule has 1 amide bonds. The summed E-state index contributed by atoms with van der Waals surface area (Å²) < 4.78 is 13.6. The van der Waals surface area contributed by atoms with Crippen molar-refractivity contribution in [1.82, 2.24) is 5.32 Å². The van der Waals surface area contributed by atoms with E-state index in [4.69, 9.17) is 5.26 Å². The number of nitriles is 1. The highest BCUT2D eigenvalue weighted by Gasteiger charge is 2.17. The van der Waals surface area contributed by atoms with Crippen molar-refractivity contribution in [3.63, 3.8) is 0 Å². The third-order valence-electron chi connectivity index (χ3n) is 2.18. The number of carbonyl (C=O) groups is 1. The minimum atomic E-state index is -0.791. The molecule has 0 aliphatic rings. The maximum atomic E-state index is 13.6. The van der Waals surface area contributed by atoms with Gasteiger partial charge in [-0.1, -0.05) is 0 Å². The molecule has 2 N–H and O–H groups in total. The number of carbonyl (C=O) groups excluding carboxylic acids is 1. The van der Waals surface area contributed by atoms with Crippen molar-refractivity contribution in [2.24, 2.45) is 0 Å². The molecule has 0 radical (unpaired) electrons. The second-order valence-corrected chi connectivity index (χ2v) is 4.14. The molecule has 0 spiro atoms. The molecule has 0 aliphatic heterocycles. The van der Waals surface area contributed by atoms with Crippen LogP contribution in [-0.4, -0.2) is 18.5 Å². The Morgan fingerprint density at radius 1 is 1.47 bits per heavy atom. The van der Waals surface area contributed by atoms with Crippen molar-refractivity contribution in [2.75, 3.05) is 12.4 Å². The van der Waals surface area contributed by atoms with Crippen molar-refractivity contribution in [3.05, 3.63) is 29.6 Å². The largest absolute Gasteiger partial charge is 0.368 e. The molecule has 1 rings (SSSR count). The number of anilines is 1. The van der Waals surface area contributed by atoms with Crippen LogP contribution in [0.1, 0.15) is 24.2 Å². The number of nitrogens with one attached hydrogen (secondary N) is 2. The van der Waals surface area contributed by atoms with Crippen molar-refractivity contribution in [1.29, 1.82) is 5.26 Å². The summed E-state index contributed by atoms with van der Waals surface area (Å²) in [4.78, 5) is 11.3. The zero-order valence-corrected chi connectivity index (χ0v) is 9.97. The fourth-order valence-electron chi connectivity index (χ4n) is 1.30. The van der Waals surface area contributed by atoms with E-state index >= 15 is 0 Å². The molecular formula is C12H14FN3O. The van der Waals surface area contributed by atoms with E-state index in [1.54, 1.807) is 19.9 Å². The molecule has 0 saturated carbocycles. The Balaban J connectivity index is 2.98. The molecule has 0 aromatic heterocycles. The first-order valence-corrected chi connectivity index (χ1v) is 5.10. The Morgan fingerprint density at radius 2 is 2.12 bits per heavy atom. The molecule has 0 unspecified atom stereocenters. The highest BCUT2D eigenvalue weighted by molar-refractivity contribution is 5.94. The Kier molecular flexibility index (Phi) is 3.69. The van der Waals surface area contributed by atoms with E-state index in [1.807, 2.05) is 6.07 Å². The van der Waals surface area contributed by atoms with Crippen LogP contribution in [0.25, 0.3) is 0 Å². The van der Waals surface area contributed by atoms with Gasteiger partial charge in [-0.3, -0.25) is 4.79 Å². The smallest absolute Gasteiger partial charge is 0.253 e. The maximum absolute atomic E-state index is 13.6. The minimum Gasteiger partial charge on any atom is -0.368 e. The number of hydrogen-bond acceptors (Lipinski definition) is 3. The van der Waals surface area contributed by atoms with E-state index in [0.717, 1.165) is 0 Å². The summed E-state index contributed by atoms with van der Waals surface area (Å²) in [7, 11) is 1.44. The Labute approximate surface area is 99.4 Å². The molecule has 4 nitrogen and oxygen atoms in total. The molecule has 0 atom stereocenters. The molecule has 0 fully saturated rings. The van der Waals surface area contributed by atoms with Crippen LogP contribution in [0.5, 0.6) is 0 Å². The second-order valence-electron chi connectivity index (χ2n) is 4.14. The second kappa shape index (κ2) is 4.83. The number of amides is 1. The van der Waals surface area contributed by atoms with Gasteiger partial charge in [-0.05, 0) is 32.0 Å². The third kappa shape index (κ3) is 3.18. The summed E-state index contributed by atoms with van der Waals surface area (Å²) in [6, 6.07) is 6.18. The first kappa shape index (κ1) is 13.0. The average Bonchev–Trinajstić information content (AvgIpc) is 2.28. The molecular weight excluding hydrogens is 221 g/mol. The Bertz CT molecular complexity index is 477. The van der Waals surface area contributed by atoms with E-state index < -0.39 is 17.3 Å². The lowest BCUT2D eigenvalue weighted by Gasteiger charge is -2.19. The van der Waals surface area contributed by atoms with Gasteiger partial charge in [0.05, 0.1) is 11.6 Å². The van der Waals surface area contributed by atoms with Gasteiger partial charge in [0.15, 0.2) is 0 Å². The van der Waals surface area contributed by atoms with Gasteiger partial charge in [0.25, 0.3) is 5.91 Å². The first-order chi connectivity index (χ1) is 7.89. The van der Waals surface area contributed by atoms with Gasteiger partial charge in [0, 0.05) is 12.7 Å². The van der Waals surface area contributed by atoms with Gasteiger partial charge < -0.3 is 10.6 Å². The summed E-state index contributed by atoms with van der Waals surface area (Å²) in [6.07, 6.45) is 0. The summed E-state index contributed by atoms with van der Waals surface area (Å²) in [5.41, 5.74) is -0.351. The average molecular weight is 235 g/mol. The number of rotatable bonds is 3. The molecule has 1 aromatic rings. The zero-order chi connectivity index (χ0) is 13.1. The predicted octanol–water partition coefficient (Wildman–Crippen LogP) is 1.90. The standard InChI is InChI=1S/C12H14FN3O/c1-12(2,7-14)16-8-4-5-9(10(13)6-8)11(17)15-3/h4-6,16H,1-3H3,(H,15,17). The van der Waals surface area contributed by atoms with Crippen LogP contribution < -0.4 is 10.6 Å². The molecule has 0 aliphatic carbocycles. The molecule has 0 saturated heterocycles. The van der Waals surface area contributed by atoms with Gasteiger partial charge in [0.1, 0.15) is 11.4 Å². The lowest BCUT2D eigenvalue weighted by Crippen LogP contribution is -2.28. The van der Waals surface area contributed by atoms with E-state index in [1.165, 1.54) is 19.2 Å². The first-order valence-electron chi connectivity index (χ1n) is 5.10. The van der Waals surface area contributed by atoms with Crippen molar-refractivity contribution < 1.29 is 9.18 Å². The van der Waals surface area contributed by atoms with E-state index in [0.29, 0.717) is 5.69 Å². The number of halogens is 1. The van der Waals surface area contributed by atoms with Crippen molar-refractivity contribution in [3.8, 4) is 6.07 Å². The van der Waals surface area contributed by atoms with Crippen LogP contribution in [0, 0.1) is 17.1 Å². The number of hydrogen-bond donors (Lipinski definition) is 2. The van der Waals surface area contributed by atoms with Crippen molar-refractivity contribution in [2.45, 2.75) is 19.4 Å². The highest BCUT2D eigenvalue weighted by atomic mass is 19.1. The predicted molar refractivity (Wildman–Crippen MR) is 63.1 cm³/mol. The van der Waals surface area contributed by atoms with Crippen LogP contribution in [0.15, 0.2) is 18.2 Å². The summed E-state index contributed by atoms with van der Waals surface area (Å²) in [5, 5.41) is 14.0. The van der Waals surface area contributed by atoms with Gasteiger partial charge in [-0.15, -0.1) is 0 Å². The molecule has 17 heavy (non-hydrogen) atoms. The van der Waals surface area contributed by atoms with Crippen LogP contribution in [0.2, 0.25) is 0 Å². The minimum absolute atomic E-state index is 0.0205. The van der Waals surface area contributed by atoms with Crippen molar-refractivity contribution >= 4 is 11.6 Å². The van der Waals surface area contributed by atoms with E-state index in [-0.39, 0.29) is 5.56 Å². The van der Waals surface area contributed by atoms with Gasteiger partial charge in [-0.2, -0.15) is 5.26 Å². The number of benzene rings is 1.